The first-order valence-corrected chi connectivity index (χ1v) is 44.8. The molecule has 19 heteroatoms. The first-order chi connectivity index (χ1) is 48.2. The summed E-state index contributed by atoms with van der Waals surface area (Å²) in [4.78, 5) is 72.9. The Balaban J connectivity index is 5.21. The van der Waals surface area contributed by atoms with E-state index in [2.05, 4.69) is 55.4 Å². The van der Waals surface area contributed by atoms with Crippen molar-refractivity contribution in [1.29, 1.82) is 0 Å². The van der Waals surface area contributed by atoms with Gasteiger partial charge >= 0.3 is 39.5 Å². The van der Waals surface area contributed by atoms with Crippen LogP contribution in [0.2, 0.25) is 0 Å². The number of carbonyl (C=O) groups excluding carboxylic acids is 4. The van der Waals surface area contributed by atoms with Crippen molar-refractivity contribution in [2.45, 2.75) is 433 Å². The number of unbranched alkanes of at least 4 members (excludes halogenated alkanes) is 42. The van der Waals surface area contributed by atoms with Crippen LogP contribution < -0.4 is 0 Å². The third-order valence-corrected chi connectivity index (χ3v) is 21.4. The van der Waals surface area contributed by atoms with Crippen molar-refractivity contribution in [3.8, 4) is 0 Å². The van der Waals surface area contributed by atoms with Gasteiger partial charge in [0.1, 0.15) is 19.3 Å². The maximum Gasteiger partial charge on any atom is 0.472 e. The number of ether oxygens (including phenoxy) is 4. The minimum Gasteiger partial charge on any atom is -0.462 e. The van der Waals surface area contributed by atoms with Crippen LogP contribution in [0.15, 0.2) is 0 Å². The summed E-state index contributed by atoms with van der Waals surface area (Å²) in [5.74, 6) is 1.00. The summed E-state index contributed by atoms with van der Waals surface area (Å²) in [6, 6.07) is 0. The van der Waals surface area contributed by atoms with E-state index in [0.29, 0.717) is 31.6 Å². The van der Waals surface area contributed by atoms with Crippen molar-refractivity contribution in [2.24, 2.45) is 23.7 Å². The standard InChI is InChI=1S/C81H158O17P2/c1-9-73(7)59-51-43-34-28-24-20-15-13-11-12-14-16-22-26-30-37-47-55-63-80(85)97-76(67-91-78(83)61-53-45-36-29-25-21-18-17-19-23-27-33-41-49-57-71(3)4)69-95-99(87,88)93-65-75(82)66-94-100(89,90)96-70-77(68-92-79(84)62-54-46-40-39-42-50-58-72(5)6)98-81(86)64-56-48-38-32-31-35-44-52-60-74(8)10-2/h71-77,82H,9-70H2,1-8H3,(H,87,88)(H,89,90)/t73?,74?,75-,76-,77-/m1/s1. The van der Waals surface area contributed by atoms with E-state index in [0.717, 1.165) is 114 Å². The highest BCUT2D eigenvalue weighted by atomic mass is 31.2. The van der Waals surface area contributed by atoms with Crippen LogP contribution in [0.4, 0.5) is 0 Å². The molecule has 594 valence electrons. The maximum absolute atomic E-state index is 13.1. The second-order valence-corrected chi connectivity index (χ2v) is 33.5. The van der Waals surface area contributed by atoms with Gasteiger partial charge in [-0.25, -0.2) is 9.13 Å². The smallest absolute Gasteiger partial charge is 0.462 e. The van der Waals surface area contributed by atoms with Crippen LogP contribution in [0.1, 0.15) is 415 Å². The molecule has 0 aromatic carbocycles. The van der Waals surface area contributed by atoms with Crippen LogP contribution in [0.25, 0.3) is 0 Å². The summed E-state index contributed by atoms with van der Waals surface area (Å²) in [5.41, 5.74) is 0. The summed E-state index contributed by atoms with van der Waals surface area (Å²) in [6.07, 6.45) is 57.1. The molecule has 0 fully saturated rings. The number of aliphatic hydroxyl groups is 1. The molecule has 0 radical (unpaired) electrons. The van der Waals surface area contributed by atoms with Gasteiger partial charge in [0, 0.05) is 25.7 Å². The van der Waals surface area contributed by atoms with E-state index in [9.17, 15) is 43.2 Å². The van der Waals surface area contributed by atoms with Crippen LogP contribution in [0, 0.1) is 23.7 Å². The molecular formula is C81H158O17P2. The zero-order valence-corrected chi connectivity index (χ0v) is 67.6. The Morgan fingerprint density at radius 2 is 0.480 bits per heavy atom. The molecule has 4 unspecified atom stereocenters. The Kier molecular flexibility index (Phi) is 68.7. The Labute approximate surface area is 613 Å². The lowest BCUT2D eigenvalue weighted by atomic mass is 9.99. The van der Waals surface area contributed by atoms with E-state index in [4.69, 9.17) is 37.0 Å². The fourth-order valence-electron chi connectivity index (χ4n) is 12.4. The fourth-order valence-corrected chi connectivity index (χ4v) is 13.9. The summed E-state index contributed by atoms with van der Waals surface area (Å²) in [6.45, 7) is 14.2. The number of esters is 4. The van der Waals surface area contributed by atoms with Crippen LogP contribution in [-0.2, 0) is 65.4 Å². The third-order valence-electron chi connectivity index (χ3n) is 19.5. The molecule has 17 nitrogen and oxygen atoms in total. The van der Waals surface area contributed by atoms with Gasteiger partial charge in [-0.3, -0.25) is 37.3 Å². The molecule has 0 rings (SSSR count). The molecule has 0 aliphatic heterocycles. The summed E-state index contributed by atoms with van der Waals surface area (Å²) in [5, 5.41) is 10.6. The first kappa shape index (κ1) is 98.1. The van der Waals surface area contributed by atoms with Gasteiger partial charge in [-0.05, 0) is 49.4 Å². The molecule has 0 saturated carbocycles. The van der Waals surface area contributed by atoms with Gasteiger partial charge in [-0.15, -0.1) is 0 Å². The molecule has 0 heterocycles. The molecule has 0 aliphatic rings. The van der Waals surface area contributed by atoms with Crippen molar-refractivity contribution in [3.05, 3.63) is 0 Å². The van der Waals surface area contributed by atoms with E-state index >= 15 is 0 Å². The molecule has 0 aliphatic carbocycles. The highest BCUT2D eigenvalue weighted by Gasteiger charge is 2.30. The van der Waals surface area contributed by atoms with Crippen molar-refractivity contribution in [1.82, 2.24) is 0 Å². The highest BCUT2D eigenvalue weighted by molar-refractivity contribution is 7.47. The second-order valence-electron chi connectivity index (χ2n) is 30.6. The lowest BCUT2D eigenvalue weighted by molar-refractivity contribution is -0.161. The molecule has 0 amide bonds. The lowest BCUT2D eigenvalue weighted by Gasteiger charge is -2.21. The fraction of sp³-hybridized carbons (Fsp3) is 0.951. The van der Waals surface area contributed by atoms with E-state index in [1.165, 1.54) is 212 Å². The predicted octanol–water partition coefficient (Wildman–Crippen LogP) is 24.0. The van der Waals surface area contributed by atoms with Crippen LogP contribution in [0.3, 0.4) is 0 Å². The topological polar surface area (TPSA) is 237 Å². The summed E-state index contributed by atoms with van der Waals surface area (Å²) < 4.78 is 68.6. The van der Waals surface area contributed by atoms with Gasteiger partial charge in [0.25, 0.3) is 0 Å². The predicted molar refractivity (Wildman–Crippen MR) is 409 cm³/mol. The van der Waals surface area contributed by atoms with Crippen molar-refractivity contribution >= 4 is 39.5 Å². The van der Waals surface area contributed by atoms with E-state index in [-0.39, 0.29) is 25.7 Å². The van der Waals surface area contributed by atoms with E-state index in [1.54, 1.807) is 0 Å². The van der Waals surface area contributed by atoms with Crippen molar-refractivity contribution in [2.75, 3.05) is 39.6 Å². The average Bonchev–Trinajstić information content (AvgIpc) is 0.999. The molecule has 0 aromatic heterocycles. The van der Waals surface area contributed by atoms with Crippen molar-refractivity contribution in [3.63, 3.8) is 0 Å². The van der Waals surface area contributed by atoms with Gasteiger partial charge in [0.15, 0.2) is 12.2 Å². The molecule has 7 atom stereocenters. The molecule has 0 spiro atoms. The minimum atomic E-state index is -4.96. The van der Waals surface area contributed by atoms with Crippen LogP contribution in [-0.4, -0.2) is 96.7 Å². The first-order valence-electron chi connectivity index (χ1n) is 41.8. The van der Waals surface area contributed by atoms with E-state index in [1.807, 2.05) is 0 Å². The Morgan fingerprint density at radius 1 is 0.280 bits per heavy atom. The van der Waals surface area contributed by atoms with Crippen molar-refractivity contribution < 1.29 is 80.2 Å². The lowest BCUT2D eigenvalue weighted by Crippen LogP contribution is -2.30. The third kappa shape index (κ3) is 71.7. The highest BCUT2D eigenvalue weighted by Crippen LogP contribution is 2.45. The van der Waals surface area contributed by atoms with Gasteiger partial charge < -0.3 is 33.8 Å². The monoisotopic (exact) mass is 1470 g/mol. The number of hydrogen-bond acceptors (Lipinski definition) is 15. The largest absolute Gasteiger partial charge is 0.472 e. The van der Waals surface area contributed by atoms with Gasteiger partial charge in [-0.1, -0.05) is 364 Å². The van der Waals surface area contributed by atoms with Crippen LogP contribution in [0.5, 0.6) is 0 Å². The van der Waals surface area contributed by atoms with Crippen LogP contribution >= 0.6 is 15.6 Å². The number of aliphatic hydroxyl groups excluding tert-OH is 1. The van der Waals surface area contributed by atoms with E-state index < -0.39 is 97.5 Å². The Bertz CT molecular complexity index is 1960. The quantitative estimate of drug-likeness (QED) is 0.0222. The molecule has 0 aromatic rings. The Morgan fingerprint density at radius 3 is 0.710 bits per heavy atom. The summed E-state index contributed by atoms with van der Waals surface area (Å²) in [7, 11) is -9.92. The van der Waals surface area contributed by atoms with Gasteiger partial charge in [-0.2, -0.15) is 0 Å². The molecule has 0 bridgehead atoms. The van der Waals surface area contributed by atoms with Gasteiger partial charge in [0.05, 0.1) is 26.4 Å². The molecular weight excluding hydrogens is 1310 g/mol. The number of rotatable bonds is 78. The normalized spacial score (nSPS) is 14.6. The maximum atomic E-state index is 13.1. The minimum absolute atomic E-state index is 0.104. The number of phosphoric ester groups is 2. The Hall–Kier alpha value is -1.94. The second kappa shape index (κ2) is 70.1. The summed E-state index contributed by atoms with van der Waals surface area (Å²) >= 11 is 0. The average molecular weight is 1470 g/mol. The molecule has 100 heavy (non-hydrogen) atoms. The number of carbonyl (C=O) groups is 4. The SMILES string of the molecule is CCC(C)CCCCCCCCCCCCCCCCCCCCC(=O)O[C@H](COC(=O)CCCCCCCCCCCCCCCCC(C)C)COP(=O)(O)OC[C@@H](O)COP(=O)(O)OC[C@@H](COC(=O)CCCCCCCCC(C)C)OC(=O)CCCCCCCCCCC(C)CC. The number of phosphoric acid groups is 2. The number of hydrogen-bond donors (Lipinski definition) is 3. The zero-order chi connectivity index (χ0) is 73.8. The molecule has 0 saturated heterocycles. The molecule has 3 N–H and O–H groups in total. The zero-order valence-electron chi connectivity index (χ0n) is 65.8. The van der Waals surface area contributed by atoms with Gasteiger partial charge in [0.2, 0.25) is 0 Å².